The summed E-state index contributed by atoms with van der Waals surface area (Å²) in [5, 5.41) is 4.10. The number of hydrogen-bond acceptors (Lipinski definition) is 5. The fourth-order valence-electron chi connectivity index (χ4n) is 1.24. The molecule has 0 fully saturated rings. The predicted molar refractivity (Wildman–Crippen MR) is 65.7 cm³/mol. The largest absolute Gasteiger partial charge is 0.497 e. The normalized spacial score (nSPS) is 10.4. The van der Waals surface area contributed by atoms with Crippen molar-refractivity contribution in [2.75, 3.05) is 38.9 Å². The van der Waals surface area contributed by atoms with E-state index in [0.29, 0.717) is 17.1 Å². The van der Waals surface area contributed by atoms with Gasteiger partial charge >= 0.3 is 0 Å². The highest BCUT2D eigenvalue weighted by molar-refractivity contribution is 5.95. The lowest BCUT2D eigenvalue weighted by Crippen LogP contribution is -2.29. The van der Waals surface area contributed by atoms with E-state index in [9.17, 15) is 4.79 Å². The lowest BCUT2D eigenvalue weighted by molar-refractivity contribution is -0.137. The Hall–Kier alpha value is -1.79. The zero-order chi connectivity index (χ0) is 12.8. The Balaban J connectivity index is 2.65. The minimum Gasteiger partial charge on any atom is -0.497 e. The monoisotopic (exact) mass is 239 g/mol. The van der Waals surface area contributed by atoms with Crippen LogP contribution in [0.5, 0.6) is 5.75 Å². The number of carbonyl (C=O) groups excluding carboxylic acids is 1. The molecule has 0 atom stereocenters. The van der Waals surface area contributed by atoms with Gasteiger partial charge in [-0.3, -0.25) is 4.79 Å². The van der Waals surface area contributed by atoms with E-state index in [2.05, 4.69) is 5.32 Å². The number of amides is 1. The highest BCUT2D eigenvalue weighted by Crippen LogP contribution is 2.23. The molecule has 0 spiro atoms. The van der Waals surface area contributed by atoms with Crippen molar-refractivity contribution in [3.63, 3.8) is 0 Å². The van der Waals surface area contributed by atoms with Crippen molar-refractivity contribution in [2.24, 2.45) is 0 Å². The van der Waals surface area contributed by atoms with Crippen molar-refractivity contribution in [3.8, 4) is 5.75 Å². The smallest absolute Gasteiger partial charge is 0.241 e. The van der Waals surface area contributed by atoms with E-state index in [0.717, 1.165) is 0 Å². The third-order valence-electron chi connectivity index (χ3n) is 2.21. The van der Waals surface area contributed by atoms with Gasteiger partial charge in [-0.2, -0.15) is 5.06 Å². The maximum atomic E-state index is 11.6. The average molecular weight is 239 g/mol. The molecule has 0 bridgehead atoms. The molecule has 1 aromatic rings. The highest BCUT2D eigenvalue weighted by atomic mass is 16.7. The molecule has 0 radical (unpaired) electrons. The van der Waals surface area contributed by atoms with Crippen molar-refractivity contribution in [1.82, 2.24) is 5.06 Å². The van der Waals surface area contributed by atoms with Crippen molar-refractivity contribution in [2.45, 2.75) is 0 Å². The van der Waals surface area contributed by atoms with Crippen molar-refractivity contribution < 1.29 is 14.4 Å². The predicted octanol–water partition coefficient (Wildman–Crippen LogP) is 0.709. The van der Waals surface area contributed by atoms with Gasteiger partial charge in [-0.25, -0.2) is 0 Å². The van der Waals surface area contributed by atoms with Crippen molar-refractivity contribution in [1.29, 1.82) is 0 Å². The molecule has 6 heteroatoms. The van der Waals surface area contributed by atoms with Crippen LogP contribution in [0, 0.1) is 0 Å². The number of ether oxygens (including phenoxy) is 1. The van der Waals surface area contributed by atoms with E-state index < -0.39 is 0 Å². The molecule has 1 aromatic carbocycles. The van der Waals surface area contributed by atoms with Gasteiger partial charge in [-0.1, -0.05) is 0 Å². The van der Waals surface area contributed by atoms with E-state index in [4.69, 9.17) is 15.3 Å². The van der Waals surface area contributed by atoms with Gasteiger partial charge in [-0.15, -0.1) is 0 Å². The summed E-state index contributed by atoms with van der Waals surface area (Å²) in [6.07, 6.45) is 0. The molecule has 6 nitrogen and oxygen atoms in total. The molecular formula is C11H17N3O3. The molecule has 0 saturated heterocycles. The summed E-state index contributed by atoms with van der Waals surface area (Å²) in [5.41, 5.74) is 6.78. The van der Waals surface area contributed by atoms with Crippen LogP contribution in [0.4, 0.5) is 11.4 Å². The molecule has 0 heterocycles. The van der Waals surface area contributed by atoms with Crippen LogP contribution in [-0.4, -0.2) is 38.8 Å². The molecule has 3 N–H and O–H groups in total. The Labute approximate surface area is 100 Å². The van der Waals surface area contributed by atoms with Gasteiger partial charge in [0.1, 0.15) is 12.3 Å². The highest BCUT2D eigenvalue weighted by Gasteiger charge is 2.08. The lowest BCUT2D eigenvalue weighted by Gasteiger charge is -2.14. The number of rotatable bonds is 5. The van der Waals surface area contributed by atoms with Crippen LogP contribution in [0.3, 0.4) is 0 Å². The fraction of sp³-hybridized carbons (Fsp3) is 0.364. The summed E-state index contributed by atoms with van der Waals surface area (Å²) in [4.78, 5) is 16.4. The van der Waals surface area contributed by atoms with Crippen LogP contribution in [0.15, 0.2) is 18.2 Å². The summed E-state index contributed by atoms with van der Waals surface area (Å²) in [7, 11) is 4.71. The number of nitrogens with one attached hydrogen (secondary N) is 1. The van der Waals surface area contributed by atoms with Crippen molar-refractivity contribution >= 4 is 17.3 Å². The molecule has 0 saturated carbocycles. The number of benzene rings is 1. The fourth-order valence-corrected chi connectivity index (χ4v) is 1.24. The van der Waals surface area contributed by atoms with Gasteiger partial charge < -0.3 is 20.6 Å². The van der Waals surface area contributed by atoms with Crippen LogP contribution in [0.2, 0.25) is 0 Å². The molecule has 0 aliphatic carbocycles. The molecule has 0 unspecified atom stereocenters. The lowest BCUT2D eigenvalue weighted by atomic mass is 10.2. The number of anilines is 2. The number of methoxy groups -OCH3 is 1. The average Bonchev–Trinajstić information content (AvgIpc) is 2.31. The third kappa shape index (κ3) is 3.93. The van der Waals surface area contributed by atoms with Crippen LogP contribution in [0.1, 0.15) is 0 Å². The number of nitrogens with two attached hydrogens (primary N) is 1. The molecule has 0 aliphatic rings. The first-order chi connectivity index (χ1) is 8.06. The van der Waals surface area contributed by atoms with Gasteiger partial charge in [0.15, 0.2) is 0 Å². The van der Waals surface area contributed by atoms with Crippen LogP contribution < -0.4 is 15.8 Å². The first kappa shape index (κ1) is 13.3. The van der Waals surface area contributed by atoms with Crippen molar-refractivity contribution in [3.05, 3.63) is 18.2 Å². The minimum absolute atomic E-state index is 0.127. The third-order valence-corrected chi connectivity index (χ3v) is 2.21. The van der Waals surface area contributed by atoms with E-state index in [1.54, 1.807) is 32.4 Å². The van der Waals surface area contributed by atoms with Gasteiger partial charge in [0.2, 0.25) is 5.91 Å². The number of nitrogens with zero attached hydrogens (tertiary/aromatic N) is 1. The summed E-state index contributed by atoms with van der Waals surface area (Å²) in [6.45, 7) is 0.127. The van der Waals surface area contributed by atoms with Gasteiger partial charge in [0.05, 0.1) is 25.6 Å². The molecule has 0 aliphatic heterocycles. The van der Waals surface area contributed by atoms with Gasteiger partial charge in [-0.05, 0) is 12.1 Å². The molecule has 1 amide bonds. The molecule has 0 aromatic heterocycles. The maximum Gasteiger partial charge on any atom is 0.241 e. The second kappa shape index (κ2) is 6.07. The molecular weight excluding hydrogens is 222 g/mol. The maximum absolute atomic E-state index is 11.6. The van der Waals surface area contributed by atoms with Gasteiger partial charge in [0.25, 0.3) is 0 Å². The van der Waals surface area contributed by atoms with E-state index in [1.807, 2.05) is 0 Å². The standard InChI is InChI=1S/C11H17N3O3/c1-14(17-3)7-11(15)13-10-5-4-8(16-2)6-9(10)12/h4-6H,7,12H2,1-3H3,(H,13,15). The van der Waals surface area contributed by atoms with E-state index in [1.165, 1.54) is 12.2 Å². The molecule has 17 heavy (non-hydrogen) atoms. The number of hydrogen-bond donors (Lipinski definition) is 2. The Morgan fingerprint density at radius 1 is 1.47 bits per heavy atom. The number of nitrogen functional groups attached to an aromatic ring is 1. The first-order valence-electron chi connectivity index (χ1n) is 5.05. The number of hydroxylamine groups is 2. The second-order valence-electron chi connectivity index (χ2n) is 3.47. The van der Waals surface area contributed by atoms with Crippen LogP contribution >= 0.6 is 0 Å². The minimum atomic E-state index is -0.203. The van der Waals surface area contributed by atoms with Crippen LogP contribution in [0.25, 0.3) is 0 Å². The summed E-state index contributed by atoms with van der Waals surface area (Å²) in [5.74, 6) is 0.445. The van der Waals surface area contributed by atoms with E-state index >= 15 is 0 Å². The summed E-state index contributed by atoms with van der Waals surface area (Å²) in [6, 6.07) is 5.07. The molecule has 94 valence electrons. The van der Waals surface area contributed by atoms with Crippen LogP contribution in [-0.2, 0) is 9.63 Å². The first-order valence-corrected chi connectivity index (χ1v) is 5.05. The Morgan fingerprint density at radius 3 is 2.71 bits per heavy atom. The topological polar surface area (TPSA) is 76.8 Å². The Morgan fingerprint density at radius 2 is 2.18 bits per heavy atom. The zero-order valence-electron chi connectivity index (χ0n) is 10.2. The van der Waals surface area contributed by atoms with Gasteiger partial charge in [0, 0.05) is 13.1 Å². The zero-order valence-corrected chi connectivity index (χ0v) is 10.2. The molecule has 1 rings (SSSR count). The summed E-state index contributed by atoms with van der Waals surface area (Å²) < 4.78 is 5.02. The SMILES string of the molecule is COc1ccc(NC(=O)CN(C)OC)c(N)c1. The van der Waals surface area contributed by atoms with E-state index in [-0.39, 0.29) is 12.5 Å². The second-order valence-corrected chi connectivity index (χ2v) is 3.47. The quantitative estimate of drug-likeness (QED) is 0.584. The Kier molecular flexibility index (Phi) is 4.74. The number of carbonyl (C=O) groups is 1. The number of likely N-dealkylation sites (N-methyl/N-ethyl adjacent to an activating group) is 1. The summed E-state index contributed by atoms with van der Waals surface area (Å²) >= 11 is 0. The Bertz CT molecular complexity index is 396.